The number of likely N-dealkylation sites (N-methyl/N-ethyl adjacent to an activating group) is 1. The van der Waals surface area contributed by atoms with Gasteiger partial charge in [-0.15, -0.1) is 0 Å². The van der Waals surface area contributed by atoms with E-state index in [0.29, 0.717) is 12.6 Å². The standard InChI is InChI=1S/C25H44N6O/c1-6-25(7-2,30-20(4)21-12-10-9-11-13-21)19-28-24(27-8-3)29-22-14-16-31(17-15-22)18-23(32)26-5/h9-13,20,22,30H,6-8,14-19H2,1-5H3,(H,26,32)(H2,27,28,29). The summed E-state index contributed by atoms with van der Waals surface area (Å²) in [5.74, 6) is 0.969. The molecule has 1 heterocycles. The van der Waals surface area contributed by atoms with Crippen LogP contribution >= 0.6 is 0 Å². The van der Waals surface area contributed by atoms with Crippen LogP contribution in [0.5, 0.6) is 0 Å². The molecule has 7 nitrogen and oxygen atoms in total. The van der Waals surface area contributed by atoms with Gasteiger partial charge in [0, 0.05) is 44.3 Å². The van der Waals surface area contributed by atoms with Crippen molar-refractivity contribution in [3.05, 3.63) is 35.9 Å². The predicted octanol–water partition coefficient (Wildman–Crippen LogP) is 2.66. The van der Waals surface area contributed by atoms with E-state index < -0.39 is 0 Å². The lowest BCUT2D eigenvalue weighted by atomic mass is 9.90. The van der Waals surface area contributed by atoms with E-state index >= 15 is 0 Å². The summed E-state index contributed by atoms with van der Waals surface area (Å²) in [5.41, 5.74) is 1.25. The number of aliphatic imine (C=N–C) groups is 1. The number of piperidine rings is 1. The minimum absolute atomic E-state index is 0.0471. The molecule has 1 aliphatic rings. The highest BCUT2D eigenvalue weighted by Crippen LogP contribution is 2.22. The lowest BCUT2D eigenvalue weighted by Crippen LogP contribution is -2.52. The van der Waals surface area contributed by atoms with E-state index in [0.717, 1.165) is 57.8 Å². The van der Waals surface area contributed by atoms with Crippen molar-refractivity contribution in [2.75, 3.05) is 39.8 Å². The Kier molecular flexibility index (Phi) is 11.0. The Morgan fingerprint density at radius 1 is 1.16 bits per heavy atom. The number of amides is 1. The van der Waals surface area contributed by atoms with Crippen molar-refractivity contribution in [2.45, 2.75) is 71.0 Å². The molecule has 1 aromatic rings. The molecule has 1 amide bonds. The molecule has 1 unspecified atom stereocenters. The minimum atomic E-state index is -0.0471. The van der Waals surface area contributed by atoms with E-state index in [4.69, 9.17) is 4.99 Å². The fraction of sp³-hybridized carbons (Fsp3) is 0.680. The first-order chi connectivity index (χ1) is 15.4. The molecule has 0 spiro atoms. The van der Waals surface area contributed by atoms with Gasteiger partial charge in [-0.1, -0.05) is 44.2 Å². The lowest BCUT2D eigenvalue weighted by Gasteiger charge is -2.36. The summed E-state index contributed by atoms with van der Waals surface area (Å²) in [6, 6.07) is 11.3. The summed E-state index contributed by atoms with van der Waals surface area (Å²) in [6.45, 7) is 12.7. The molecule has 180 valence electrons. The molecule has 0 saturated carbocycles. The van der Waals surface area contributed by atoms with Gasteiger partial charge >= 0.3 is 0 Å². The summed E-state index contributed by atoms with van der Waals surface area (Å²) in [7, 11) is 1.69. The van der Waals surface area contributed by atoms with Crippen LogP contribution in [0.1, 0.15) is 65.0 Å². The Morgan fingerprint density at radius 3 is 2.38 bits per heavy atom. The summed E-state index contributed by atoms with van der Waals surface area (Å²) in [6.07, 6.45) is 4.05. The average molecular weight is 445 g/mol. The first-order valence-electron chi connectivity index (χ1n) is 12.3. The third kappa shape index (κ3) is 8.10. The maximum absolute atomic E-state index is 11.6. The number of rotatable bonds is 11. The Bertz CT molecular complexity index is 696. The molecule has 1 atom stereocenters. The van der Waals surface area contributed by atoms with E-state index in [-0.39, 0.29) is 17.5 Å². The van der Waals surface area contributed by atoms with Gasteiger partial charge in [0.05, 0.1) is 13.1 Å². The van der Waals surface area contributed by atoms with Gasteiger partial charge < -0.3 is 21.3 Å². The highest BCUT2D eigenvalue weighted by Gasteiger charge is 2.28. The van der Waals surface area contributed by atoms with Gasteiger partial charge in [-0.2, -0.15) is 0 Å². The van der Waals surface area contributed by atoms with Crippen molar-refractivity contribution in [2.24, 2.45) is 4.99 Å². The van der Waals surface area contributed by atoms with Gasteiger partial charge in [0.1, 0.15) is 0 Å². The number of likely N-dealkylation sites (tertiary alicyclic amines) is 1. The van der Waals surface area contributed by atoms with Crippen molar-refractivity contribution >= 4 is 11.9 Å². The molecule has 1 aliphatic heterocycles. The van der Waals surface area contributed by atoms with Crippen LogP contribution in [0.2, 0.25) is 0 Å². The summed E-state index contributed by atoms with van der Waals surface area (Å²) in [4.78, 5) is 18.8. The molecule has 1 fully saturated rings. The first-order valence-corrected chi connectivity index (χ1v) is 12.3. The Labute approximate surface area is 194 Å². The Balaban J connectivity index is 1.97. The van der Waals surface area contributed by atoms with Crippen LogP contribution in [0.4, 0.5) is 0 Å². The molecule has 0 aliphatic carbocycles. The number of carbonyl (C=O) groups is 1. The normalized spacial score (nSPS) is 17.1. The Hall–Kier alpha value is -2.12. The van der Waals surface area contributed by atoms with Crippen molar-refractivity contribution < 1.29 is 4.79 Å². The molecule has 0 aromatic heterocycles. The van der Waals surface area contributed by atoms with Gasteiger partial charge in [-0.25, -0.2) is 0 Å². The van der Waals surface area contributed by atoms with Crippen LogP contribution in [0, 0.1) is 0 Å². The van der Waals surface area contributed by atoms with E-state index in [2.05, 4.69) is 84.2 Å². The van der Waals surface area contributed by atoms with Crippen molar-refractivity contribution in [3.8, 4) is 0 Å². The molecule has 1 aromatic carbocycles. The van der Waals surface area contributed by atoms with E-state index in [9.17, 15) is 4.79 Å². The molecule has 7 heteroatoms. The van der Waals surface area contributed by atoms with E-state index in [1.54, 1.807) is 7.05 Å². The number of carbonyl (C=O) groups excluding carboxylic acids is 1. The molecular weight excluding hydrogens is 400 g/mol. The predicted molar refractivity (Wildman–Crippen MR) is 134 cm³/mol. The smallest absolute Gasteiger partial charge is 0.233 e. The second-order valence-electron chi connectivity index (χ2n) is 8.83. The van der Waals surface area contributed by atoms with Crippen LogP contribution in [-0.4, -0.2) is 68.1 Å². The summed E-state index contributed by atoms with van der Waals surface area (Å²) in [5, 5.41) is 13.6. The molecule has 2 rings (SSSR count). The van der Waals surface area contributed by atoms with Gasteiger partial charge in [0.2, 0.25) is 5.91 Å². The zero-order valence-corrected chi connectivity index (χ0v) is 20.7. The first kappa shape index (κ1) is 26.1. The SMILES string of the molecule is CCNC(=NCC(CC)(CC)NC(C)c1ccccc1)NC1CCN(CC(=O)NC)CC1. The third-order valence-corrected chi connectivity index (χ3v) is 6.63. The highest BCUT2D eigenvalue weighted by molar-refractivity contribution is 5.80. The number of benzene rings is 1. The topological polar surface area (TPSA) is 80.8 Å². The summed E-state index contributed by atoms with van der Waals surface area (Å²) < 4.78 is 0. The van der Waals surface area contributed by atoms with Crippen LogP contribution in [0.15, 0.2) is 35.3 Å². The summed E-state index contributed by atoms with van der Waals surface area (Å²) >= 11 is 0. The third-order valence-electron chi connectivity index (χ3n) is 6.63. The highest BCUT2D eigenvalue weighted by atomic mass is 16.1. The molecule has 0 bridgehead atoms. The molecule has 1 saturated heterocycles. The second-order valence-corrected chi connectivity index (χ2v) is 8.83. The quantitative estimate of drug-likeness (QED) is 0.312. The number of guanidine groups is 1. The van der Waals surface area contributed by atoms with Crippen LogP contribution in [-0.2, 0) is 4.79 Å². The second kappa shape index (κ2) is 13.4. The van der Waals surface area contributed by atoms with E-state index in [1.165, 1.54) is 5.56 Å². The fourth-order valence-electron chi connectivity index (χ4n) is 4.27. The monoisotopic (exact) mass is 444 g/mol. The van der Waals surface area contributed by atoms with Crippen molar-refractivity contribution in [3.63, 3.8) is 0 Å². The van der Waals surface area contributed by atoms with Crippen molar-refractivity contribution in [1.29, 1.82) is 0 Å². The molecule has 0 radical (unpaired) electrons. The molecule has 32 heavy (non-hydrogen) atoms. The largest absolute Gasteiger partial charge is 0.358 e. The number of nitrogens with zero attached hydrogens (tertiary/aromatic N) is 2. The lowest BCUT2D eigenvalue weighted by molar-refractivity contribution is -0.122. The number of hydrogen-bond donors (Lipinski definition) is 4. The molecule has 4 N–H and O–H groups in total. The zero-order valence-electron chi connectivity index (χ0n) is 20.7. The zero-order chi connectivity index (χ0) is 23.4. The van der Waals surface area contributed by atoms with Crippen molar-refractivity contribution in [1.82, 2.24) is 26.2 Å². The van der Waals surface area contributed by atoms with Crippen LogP contribution < -0.4 is 21.3 Å². The van der Waals surface area contributed by atoms with Crippen LogP contribution in [0.3, 0.4) is 0 Å². The maximum atomic E-state index is 11.6. The van der Waals surface area contributed by atoms with Gasteiger partial charge in [-0.3, -0.25) is 14.7 Å². The fourth-order valence-corrected chi connectivity index (χ4v) is 4.27. The maximum Gasteiger partial charge on any atom is 0.233 e. The minimum Gasteiger partial charge on any atom is -0.358 e. The number of hydrogen-bond acceptors (Lipinski definition) is 4. The average Bonchev–Trinajstić information content (AvgIpc) is 2.83. The number of nitrogens with one attached hydrogen (secondary N) is 4. The molecular formula is C25H44N6O. The van der Waals surface area contributed by atoms with E-state index in [1.807, 2.05) is 0 Å². The van der Waals surface area contributed by atoms with Crippen LogP contribution in [0.25, 0.3) is 0 Å². The van der Waals surface area contributed by atoms with Gasteiger partial charge in [-0.05, 0) is 45.1 Å². The van der Waals surface area contributed by atoms with Gasteiger partial charge in [0.15, 0.2) is 5.96 Å². The van der Waals surface area contributed by atoms with Gasteiger partial charge in [0.25, 0.3) is 0 Å². The Morgan fingerprint density at radius 2 is 1.81 bits per heavy atom.